The van der Waals surface area contributed by atoms with Crippen LogP contribution in [-0.4, -0.2) is 39.6 Å². The minimum absolute atomic E-state index is 0.260. The van der Waals surface area contributed by atoms with Crippen molar-refractivity contribution in [3.8, 4) is 11.3 Å². The smallest absolute Gasteiger partial charge is 0.303 e. The second-order valence-corrected chi connectivity index (χ2v) is 16.2. The number of rotatable bonds is 38. The van der Waals surface area contributed by atoms with E-state index in [1.807, 2.05) is 0 Å². The quantitative estimate of drug-likeness (QED) is 0.0400. The van der Waals surface area contributed by atoms with E-state index in [0.29, 0.717) is 13.0 Å². The fraction of sp³-hybridized carbons (Fsp3) is 0.729. The molecule has 0 aliphatic rings. The number of aryl methyl sites for hydroxylation is 1. The molecule has 0 aliphatic carbocycles. The van der Waals surface area contributed by atoms with Gasteiger partial charge in [0.05, 0.1) is 11.2 Å². The minimum atomic E-state index is -0.676. The van der Waals surface area contributed by atoms with Crippen LogP contribution in [0.2, 0.25) is 0 Å². The van der Waals surface area contributed by atoms with Gasteiger partial charge >= 0.3 is 5.97 Å². The van der Waals surface area contributed by atoms with Gasteiger partial charge in [-0.15, -0.1) is 5.10 Å². The highest BCUT2D eigenvalue weighted by atomic mass is 16.4. The molecule has 7 heteroatoms. The molecule has 0 bridgehead atoms. The fourth-order valence-corrected chi connectivity index (χ4v) is 7.76. The zero-order valence-electron chi connectivity index (χ0n) is 35.6. The average molecular weight is 762 g/mol. The number of benzene rings is 1. The van der Waals surface area contributed by atoms with Gasteiger partial charge in [0.2, 0.25) is 0 Å². The Hall–Kier alpha value is -2.77. The van der Waals surface area contributed by atoms with Gasteiger partial charge in [0, 0.05) is 12.0 Å². The molecule has 0 spiro atoms. The SMILES string of the molecule is CCCCCCCC/C=C\CCCCCCCCNC(CCN)(CCCCCCCC/C=C\CCCCCCCC(=O)O)c1[nH]nnc1-c1ccc(C)cc1. The lowest BCUT2D eigenvalue weighted by Gasteiger charge is -2.35. The maximum atomic E-state index is 10.6. The number of aromatic amines is 1. The summed E-state index contributed by atoms with van der Waals surface area (Å²) >= 11 is 0. The number of nitrogens with two attached hydrogens (primary N) is 1. The van der Waals surface area contributed by atoms with Gasteiger partial charge in [0.1, 0.15) is 5.69 Å². The molecule has 312 valence electrons. The molecule has 2 rings (SSSR count). The molecule has 0 saturated carbocycles. The van der Waals surface area contributed by atoms with Crippen LogP contribution in [0.5, 0.6) is 0 Å². The number of nitrogens with zero attached hydrogens (tertiary/aromatic N) is 2. The molecule has 0 amide bonds. The van der Waals surface area contributed by atoms with Crippen molar-refractivity contribution in [3.63, 3.8) is 0 Å². The lowest BCUT2D eigenvalue weighted by molar-refractivity contribution is -0.137. The van der Waals surface area contributed by atoms with E-state index >= 15 is 0 Å². The van der Waals surface area contributed by atoms with Crippen molar-refractivity contribution < 1.29 is 9.90 Å². The molecule has 7 nitrogen and oxygen atoms in total. The highest BCUT2D eigenvalue weighted by molar-refractivity contribution is 5.66. The lowest BCUT2D eigenvalue weighted by atomic mass is 9.82. The summed E-state index contributed by atoms with van der Waals surface area (Å²) in [6.07, 6.45) is 45.5. The molecule has 5 N–H and O–H groups in total. The fourth-order valence-electron chi connectivity index (χ4n) is 7.76. The lowest BCUT2D eigenvalue weighted by Crippen LogP contribution is -2.45. The monoisotopic (exact) mass is 762 g/mol. The molecule has 55 heavy (non-hydrogen) atoms. The van der Waals surface area contributed by atoms with Gasteiger partial charge in [-0.25, -0.2) is 0 Å². The van der Waals surface area contributed by atoms with Crippen molar-refractivity contribution in [2.24, 2.45) is 5.73 Å². The third-order valence-corrected chi connectivity index (χ3v) is 11.2. The third kappa shape index (κ3) is 23.8. The minimum Gasteiger partial charge on any atom is -0.481 e. The summed E-state index contributed by atoms with van der Waals surface area (Å²) in [7, 11) is 0. The first-order valence-corrected chi connectivity index (χ1v) is 23.0. The number of aliphatic carboxylic acids is 1. The number of allylic oxidation sites excluding steroid dienone is 4. The number of carboxylic acid groups (broad SMARTS) is 1. The topological polar surface area (TPSA) is 117 Å². The van der Waals surface area contributed by atoms with Crippen molar-refractivity contribution in [1.29, 1.82) is 0 Å². The van der Waals surface area contributed by atoms with Gasteiger partial charge in [-0.3, -0.25) is 9.89 Å². The molecule has 1 heterocycles. The van der Waals surface area contributed by atoms with E-state index in [9.17, 15) is 4.79 Å². The molecule has 1 unspecified atom stereocenters. The molecule has 1 aromatic heterocycles. The second kappa shape index (κ2) is 33.4. The van der Waals surface area contributed by atoms with Crippen LogP contribution in [-0.2, 0) is 10.3 Å². The number of hydrogen-bond donors (Lipinski definition) is 4. The maximum Gasteiger partial charge on any atom is 0.303 e. The zero-order chi connectivity index (χ0) is 39.5. The predicted molar refractivity (Wildman–Crippen MR) is 235 cm³/mol. The molecule has 0 fully saturated rings. The van der Waals surface area contributed by atoms with Crippen LogP contribution in [0.1, 0.15) is 211 Å². The molecular formula is C48H83N5O2. The molecule has 2 aromatic rings. The van der Waals surface area contributed by atoms with Crippen LogP contribution in [0, 0.1) is 6.92 Å². The van der Waals surface area contributed by atoms with E-state index in [4.69, 9.17) is 10.8 Å². The Morgan fingerprint density at radius 1 is 0.673 bits per heavy atom. The Balaban J connectivity index is 1.73. The van der Waals surface area contributed by atoms with E-state index < -0.39 is 5.97 Å². The normalized spacial score (nSPS) is 13.0. The van der Waals surface area contributed by atoms with E-state index in [2.05, 4.69) is 83.1 Å². The number of carboxylic acids is 1. The Kier molecular flexibility index (Phi) is 29.4. The summed E-state index contributed by atoms with van der Waals surface area (Å²) in [6.45, 7) is 6.01. The van der Waals surface area contributed by atoms with E-state index in [-0.39, 0.29) is 5.54 Å². The van der Waals surface area contributed by atoms with Crippen molar-refractivity contribution in [3.05, 3.63) is 59.8 Å². The molecule has 0 aliphatic heterocycles. The molecule has 0 radical (unpaired) electrons. The Morgan fingerprint density at radius 3 is 1.65 bits per heavy atom. The molecular weight excluding hydrogens is 679 g/mol. The first-order valence-electron chi connectivity index (χ1n) is 23.0. The summed E-state index contributed by atoms with van der Waals surface area (Å²) in [5.41, 5.74) is 10.5. The third-order valence-electron chi connectivity index (χ3n) is 11.2. The van der Waals surface area contributed by atoms with Crippen molar-refractivity contribution >= 4 is 5.97 Å². The van der Waals surface area contributed by atoms with Crippen LogP contribution in [0.3, 0.4) is 0 Å². The van der Waals surface area contributed by atoms with Crippen molar-refractivity contribution in [2.75, 3.05) is 13.1 Å². The number of unbranched alkanes of at least 4 members (excludes halogenated alkanes) is 23. The van der Waals surface area contributed by atoms with Gasteiger partial charge in [-0.1, -0.05) is 175 Å². The van der Waals surface area contributed by atoms with Crippen LogP contribution in [0.25, 0.3) is 11.3 Å². The summed E-state index contributed by atoms with van der Waals surface area (Å²) in [5.74, 6) is -0.676. The number of nitrogens with one attached hydrogen (secondary N) is 2. The molecule has 1 atom stereocenters. The second-order valence-electron chi connectivity index (χ2n) is 16.2. The Morgan fingerprint density at radius 2 is 1.15 bits per heavy atom. The number of hydrogen-bond acceptors (Lipinski definition) is 5. The van der Waals surface area contributed by atoms with E-state index in [1.54, 1.807) is 0 Å². The van der Waals surface area contributed by atoms with Crippen LogP contribution < -0.4 is 11.1 Å². The van der Waals surface area contributed by atoms with E-state index in [1.165, 1.54) is 147 Å². The standard InChI is InChI=1S/C48H83N5O2/c1-3-4-5-6-7-8-9-10-11-15-18-21-24-27-30-33-42-50-48(40-41-49,47-46(51-53-52-47)44-37-35-43(2)36-38-44)39-32-29-26-23-20-17-14-12-13-16-19-22-25-28-31-34-45(54)55/h10-13,35-38,50H,3-9,14-34,39-42,49H2,1-2H3,(H,54,55)(H,51,52,53)/b11-10-,13-12-. The first-order chi connectivity index (χ1) is 27.0. The maximum absolute atomic E-state index is 10.6. The summed E-state index contributed by atoms with van der Waals surface area (Å²) in [6, 6.07) is 8.64. The van der Waals surface area contributed by atoms with Crippen LogP contribution >= 0.6 is 0 Å². The highest BCUT2D eigenvalue weighted by Gasteiger charge is 2.35. The van der Waals surface area contributed by atoms with Gasteiger partial charge in [0.25, 0.3) is 0 Å². The Bertz CT molecular complexity index is 1240. The molecule has 1 aromatic carbocycles. The van der Waals surface area contributed by atoms with Gasteiger partial charge in [0.15, 0.2) is 0 Å². The van der Waals surface area contributed by atoms with Crippen LogP contribution in [0.4, 0.5) is 0 Å². The predicted octanol–water partition coefficient (Wildman–Crippen LogP) is 13.4. The van der Waals surface area contributed by atoms with Crippen LogP contribution in [0.15, 0.2) is 48.6 Å². The van der Waals surface area contributed by atoms with Crippen molar-refractivity contribution in [2.45, 2.75) is 212 Å². The van der Waals surface area contributed by atoms with Gasteiger partial charge in [-0.2, -0.15) is 0 Å². The number of carbonyl (C=O) groups is 1. The highest BCUT2D eigenvalue weighted by Crippen LogP contribution is 2.35. The largest absolute Gasteiger partial charge is 0.481 e. The Labute approximate surface area is 337 Å². The molecule has 0 saturated heterocycles. The first kappa shape index (κ1) is 48.4. The summed E-state index contributed by atoms with van der Waals surface area (Å²) < 4.78 is 0. The average Bonchev–Trinajstić information content (AvgIpc) is 3.68. The zero-order valence-corrected chi connectivity index (χ0v) is 35.6. The van der Waals surface area contributed by atoms with Crippen molar-refractivity contribution in [1.82, 2.24) is 20.7 Å². The van der Waals surface area contributed by atoms with Gasteiger partial charge in [-0.05, 0) is 97.1 Å². The number of H-pyrrole nitrogens is 1. The van der Waals surface area contributed by atoms with E-state index in [0.717, 1.165) is 68.4 Å². The summed E-state index contributed by atoms with van der Waals surface area (Å²) in [4.78, 5) is 10.6. The number of aromatic nitrogens is 3. The van der Waals surface area contributed by atoms with Gasteiger partial charge < -0.3 is 16.2 Å². The summed E-state index contributed by atoms with van der Waals surface area (Å²) in [5, 5.41) is 25.1.